The molecule has 5 heteroatoms. The predicted molar refractivity (Wildman–Crippen MR) is 115 cm³/mol. The van der Waals surface area contributed by atoms with Crippen molar-refractivity contribution < 1.29 is 13.0 Å². The van der Waals surface area contributed by atoms with E-state index in [1.807, 2.05) is 12.1 Å². The summed E-state index contributed by atoms with van der Waals surface area (Å²) >= 11 is 0. The highest BCUT2D eigenvalue weighted by Gasteiger charge is 2.48. The van der Waals surface area contributed by atoms with Gasteiger partial charge in [0.15, 0.2) is 0 Å². The molecule has 0 aliphatic carbocycles. The van der Waals surface area contributed by atoms with E-state index < -0.39 is 18.2 Å². The summed E-state index contributed by atoms with van der Waals surface area (Å²) in [6.45, 7) is 19.3. The Balaban J connectivity index is 3.97. The van der Waals surface area contributed by atoms with Crippen LogP contribution in [0.2, 0.25) is 17.1 Å². The summed E-state index contributed by atoms with van der Waals surface area (Å²) in [6.07, 6.45) is 2.12. The van der Waals surface area contributed by atoms with Crippen LogP contribution in [0, 0.1) is 11.8 Å². The van der Waals surface area contributed by atoms with Gasteiger partial charge in [-0.05, 0) is 34.0 Å². The van der Waals surface area contributed by atoms with Crippen molar-refractivity contribution in [3.63, 3.8) is 0 Å². The molecule has 0 saturated carbocycles. The number of hydrogen-bond acceptors (Lipinski definition) is 2. The van der Waals surface area contributed by atoms with Crippen LogP contribution in [0.3, 0.4) is 0 Å². The van der Waals surface area contributed by atoms with E-state index in [0.29, 0.717) is 23.8 Å². The van der Waals surface area contributed by atoms with Crippen molar-refractivity contribution in [2.75, 3.05) is 0 Å². The van der Waals surface area contributed by atoms with Gasteiger partial charge in [-0.3, -0.25) is 4.55 Å². The van der Waals surface area contributed by atoms with Crippen molar-refractivity contribution in [3.8, 4) is 0 Å². The first kappa shape index (κ1) is 23.1. The number of hydrogen-bond donors (Lipinski definition) is 1. The van der Waals surface area contributed by atoms with E-state index in [1.54, 1.807) is 12.1 Å². The summed E-state index contributed by atoms with van der Waals surface area (Å²) in [7, 11) is -6.60. The molecule has 1 aromatic carbocycles. The van der Waals surface area contributed by atoms with E-state index in [-0.39, 0.29) is 9.93 Å². The second-order valence-electron chi connectivity index (χ2n) is 9.29. The largest absolute Gasteiger partial charge is 0.294 e. The molecule has 1 N–H and O–H groups in total. The van der Waals surface area contributed by atoms with E-state index in [9.17, 15) is 13.0 Å². The van der Waals surface area contributed by atoms with Gasteiger partial charge in [0.2, 0.25) is 0 Å². The zero-order chi connectivity index (χ0) is 20.3. The van der Waals surface area contributed by atoms with Gasteiger partial charge in [-0.1, -0.05) is 84.8 Å². The molecule has 0 aromatic heterocycles. The van der Waals surface area contributed by atoms with E-state index >= 15 is 0 Å². The molecule has 0 radical (unpaired) electrons. The lowest BCUT2D eigenvalue weighted by Gasteiger charge is -2.47. The molecule has 0 unspecified atom stereocenters. The molecule has 0 fully saturated rings. The van der Waals surface area contributed by atoms with Gasteiger partial charge in [-0.15, -0.1) is 6.58 Å². The van der Waals surface area contributed by atoms with E-state index in [2.05, 4.69) is 55.0 Å². The first-order chi connectivity index (χ1) is 11.8. The summed E-state index contributed by atoms with van der Waals surface area (Å²) < 4.78 is 35.0. The third-order valence-electron chi connectivity index (χ3n) is 5.18. The average Bonchev–Trinajstić information content (AvgIpc) is 2.43. The van der Waals surface area contributed by atoms with Crippen LogP contribution in [-0.4, -0.2) is 21.0 Å². The maximum Gasteiger partial charge on any atom is 0.294 e. The van der Waals surface area contributed by atoms with Crippen molar-refractivity contribution in [3.05, 3.63) is 36.4 Å². The summed E-state index contributed by atoms with van der Waals surface area (Å²) in [4.78, 5) is 0.141. The Morgan fingerprint density at radius 3 is 1.96 bits per heavy atom. The average molecular weight is 397 g/mol. The minimum atomic E-state index is -4.31. The quantitative estimate of drug-likeness (QED) is 0.362. The molecule has 26 heavy (non-hydrogen) atoms. The molecule has 3 nitrogen and oxygen atoms in total. The van der Waals surface area contributed by atoms with Gasteiger partial charge in [0.25, 0.3) is 10.1 Å². The van der Waals surface area contributed by atoms with Crippen LogP contribution in [-0.2, 0) is 16.5 Å². The van der Waals surface area contributed by atoms with E-state index in [4.69, 9.17) is 0 Å². The van der Waals surface area contributed by atoms with Gasteiger partial charge < -0.3 is 0 Å². The summed E-state index contributed by atoms with van der Waals surface area (Å²) in [6, 6.07) is 7.68. The van der Waals surface area contributed by atoms with Gasteiger partial charge >= 0.3 is 0 Å². The topological polar surface area (TPSA) is 54.4 Å². The van der Waals surface area contributed by atoms with E-state index in [0.717, 1.165) is 17.3 Å². The van der Waals surface area contributed by atoms with Gasteiger partial charge in [0.1, 0.15) is 0 Å². The molecule has 0 amide bonds. The fourth-order valence-corrected chi connectivity index (χ4v) is 12.5. The third-order valence-corrected chi connectivity index (χ3v) is 13.7. The van der Waals surface area contributed by atoms with E-state index in [1.165, 1.54) is 0 Å². The fraction of sp³-hybridized carbons (Fsp3) is 0.619. The maximum atomic E-state index is 12.4. The third kappa shape index (κ3) is 5.08. The molecule has 0 spiro atoms. The molecule has 1 rings (SSSR count). The molecule has 0 aliphatic heterocycles. The molecule has 0 bridgehead atoms. The molecule has 148 valence electrons. The normalized spacial score (nSPS) is 13.5. The van der Waals surface area contributed by atoms with Crippen LogP contribution in [0.4, 0.5) is 0 Å². The van der Waals surface area contributed by atoms with Crippen LogP contribution in [0.1, 0.15) is 54.0 Å². The second kappa shape index (κ2) is 8.40. The first-order valence-corrected chi connectivity index (χ1v) is 13.3. The minimum absolute atomic E-state index is 0.0339. The molecular weight excluding hydrogens is 360 g/mol. The molecule has 0 heterocycles. The predicted octanol–water partition coefficient (Wildman–Crippen LogP) is 5.43. The highest BCUT2D eigenvalue weighted by atomic mass is 32.2. The number of benzene rings is 1. The standard InChI is InChI=1S/C21H36O3SSi/c1-9-11-18-12-10-13-19(20(18)25(22,23)24)26(14-16(2)3,15-17(4)5)21(6,7)8/h9-10,12-13,16-17H,1,11,14-15H2,2-8H3,(H,22,23,24). The Hall–Kier alpha value is -0.913. The van der Waals surface area contributed by atoms with Crippen LogP contribution < -0.4 is 5.19 Å². The zero-order valence-corrected chi connectivity index (χ0v) is 19.3. The van der Waals surface area contributed by atoms with Crippen LogP contribution in [0.15, 0.2) is 35.7 Å². The highest BCUT2D eigenvalue weighted by molar-refractivity contribution is 7.86. The highest BCUT2D eigenvalue weighted by Crippen LogP contribution is 2.45. The lowest BCUT2D eigenvalue weighted by molar-refractivity contribution is 0.482. The fourth-order valence-electron chi connectivity index (χ4n) is 4.30. The molecule has 0 aliphatic rings. The smallest absolute Gasteiger partial charge is 0.282 e. The van der Waals surface area contributed by atoms with Crippen molar-refractivity contribution in [1.82, 2.24) is 0 Å². The monoisotopic (exact) mass is 396 g/mol. The first-order valence-electron chi connectivity index (χ1n) is 9.47. The zero-order valence-electron chi connectivity index (χ0n) is 17.5. The SMILES string of the molecule is C=CCc1cccc([Si](CC(C)C)(CC(C)C)C(C)(C)C)c1S(=O)(=O)O. The second-order valence-corrected chi connectivity index (χ2v) is 15.7. The lowest BCUT2D eigenvalue weighted by atomic mass is 10.1. The van der Waals surface area contributed by atoms with Crippen molar-refractivity contribution in [1.29, 1.82) is 0 Å². The Kier molecular flexibility index (Phi) is 7.47. The van der Waals surface area contributed by atoms with Gasteiger partial charge in [-0.2, -0.15) is 8.42 Å². The van der Waals surface area contributed by atoms with Crippen LogP contribution in [0.5, 0.6) is 0 Å². The number of rotatable bonds is 8. The molecule has 1 aromatic rings. The van der Waals surface area contributed by atoms with Gasteiger partial charge in [0.05, 0.1) is 13.0 Å². The van der Waals surface area contributed by atoms with Crippen LogP contribution in [0.25, 0.3) is 0 Å². The van der Waals surface area contributed by atoms with Gasteiger partial charge in [-0.25, -0.2) is 0 Å². The lowest BCUT2D eigenvalue weighted by Crippen LogP contribution is -2.58. The van der Waals surface area contributed by atoms with Crippen molar-refractivity contribution in [2.24, 2.45) is 11.8 Å². The van der Waals surface area contributed by atoms with Crippen molar-refractivity contribution in [2.45, 2.75) is 76.9 Å². The number of allylic oxidation sites excluding steroid dienone is 1. The Morgan fingerprint density at radius 2 is 1.62 bits per heavy atom. The summed E-state index contributed by atoms with van der Waals surface area (Å²) in [5.74, 6) is 0.911. The van der Waals surface area contributed by atoms with Crippen LogP contribution >= 0.6 is 0 Å². The molecule has 0 atom stereocenters. The Bertz CT molecular complexity index is 718. The maximum absolute atomic E-state index is 12.4. The molecular formula is C21H36O3SSi. The Labute approximate surface area is 161 Å². The molecule has 0 saturated heterocycles. The van der Waals surface area contributed by atoms with Crippen molar-refractivity contribution >= 4 is 23.4 Å². The van der Waals surface area contributed by atoms with Gasteiger partial charge in [0, 0.05) is 0 Å². The Morgan fingerprint density at radius 1 is 1.12 bits per heavy atom. The summed E-state index contributed by atoms with van der Waals surface area (Å²) in [5.41, 5.74) is 0.647. The minimum Gasteiger partial charge on any atom is -0.282 e. The summed E-state index contributed by atoms with van der Waals surface area (Å²) in [5, 5.41) is 0.850.